The van der Waals surface area contributed by atoms with Gasteiger partial charge < -0.3 is 9.47 Å². The molecule has 76 valence electrons. The van der Waals surface area contributed by atoms with E-state index in [1.165, 1.54) is 0 Å². The van der Waals surface area contributed by atoms with Crippen LogP contribution >= 0.6 is 0 Å². The minimum Gasteiger partial charge on any atom is -0.356 e. The van der Waals surface area contributed by atoms with E-state index in [9.17, 15) is 0 Å². The summed E-state index contributed by atoms with van der Waals surface area (Å²) >= 11 is 0. The Morgan fingerprint density at radius 2 is 2.29 bits per heavy atom. The molecule has 0 heterocycles. The third-order valence-corrected chi connectivity index (χ3v) is 2.00. The van der Waals surface area contributed by atoms with Gasteiger partial charge in [0.2, 0.25) is 0 Å². The molecule has 1 unspecified atom stereocenters. The molecule has 0 saturated carbocycles. The molecule has 1 aromatic carbocycles. The van der Waals surface area contributed by atoms with Crippen LogP contribution in [-0.4, -0.2) is 13.4 Å². The first kappa shape index (κ1) is 11.0. The van der Waals surface area contributed by atoms with E-state index >= 15 is 0 Å². The van der Waals surface area contributed by atoms with Gasteiger partial charge in [-0.25, -0.2) is 0 Å². The Morgan fingerprint density at radius 1 is 1.50 bits per heavy atom. The number of benzene rings is 1. The van der Waals surface area contributed by atoms with Gasteiger partial charge in [0.15, 0.2) is 6.29 Å². The maximum absolute atomic E-state index is 5.42. The van der Waals surface area contributed by atoms with Crippen LogP contribution in [0.4, 0.5) is 0 Å². The van der Waals surface area contributed by atoms with E-state index in [1.807, 2.05) is 31.2 Å². The molecule has 0 aliphatic heterocycles. The van der Waals surface area contributed by atoms with E-state index in [0.717, 1.165) is 11.1 Å². The minimum atomic E-state index is -0.164. The summed E-state index contributed by atoms with van der Waals surface area (Å²) in [7, 11) is 1.63. The van der Waals surface area contributed by atoms with Crippen LogP contribution < -0.4 is 0 Å². The number of hydrogen-bond donors (Lipinski definition) is 0. The van der Waals surface area contributed by atoms with Crippen LogP contribution in [0.3, 0.4) is 0 Å². The number of hydrogen-bond acceptors (Lipinski definition) is 2. The van der Waals surface area contributed by atoms with Crippen molar-refractivity contribution in [3.8, 4) is 0 Å². The highest BCUT2D eigenvalue weighted by atomic mass is 16.7. The lowest BCUT2D eigenvalue weighted by atomic mass is 10.1. The van der Waals surface area contributed by atoms with Gasteiger partial charge in [0.1, 0.15) is 0 Å². The predicted octanol–water partition coefficient (Wildman–Crippen LogP) is 2.84. The topological polar surface area (TPSA) is 18.5 Å². The summed E-state index contributed by atoms with van der Waals surface area (Å²) < 4.78 is 10.4. The molecule has 1 atom stereocenters. The molecule has 0 spiro atoms. The van der Waals surface area contributed by atoms with Gasteiger partial charge in [-0.2, -0.15) is 0 Å². The predicted molar refractivity (Wildman–Crippen MR) is 57.8 cm³/mol. The van der Waals surface area contributed by atoms with E-state index in [-0.39, 0.29) is 6.29 Å². The summed E-state index contributed by atoms with van der Waals surface area (Å²) in [6.07, 6.45) is 1.66. The van der Waals surface area contributed by atoms with Gasteiger partial charge in [0.25, 0.3) is 0 Å². The molecule has 0 aliphatic rings. The highest BCUT2D eigenvalue weighted by molar-refractivity contribution is 5.47. The molecular formula is C12H16O2. The van der Waals surface area contributed by atoms with Crippen molar-refractivity contribution in [2.75, 3.05) is 7.11 Å². The second kappa shape index (κ2) is 5.58. The molecule has 0 aromatic heterocycles. The maximum atomic E-state index is 5.42. The van der Waals surface area contributed by atoms with Crippen molar-refractivity contribution >= 4 is 6.08 Å². The molecule has 0 saturated heterocycles. The molecule has 0 fully saturated rings. The maximum Gasteiger partial charge on any atom is 0.154 e. The normalized spacial score (nSPS) is 12.4. The van der Waals surface area contributed by atoms with Crippen LogP contribution in [0.1, 0.15) is 18.1 Å². The van der Waals surface area contributed by atoms with Crippen molar-refractivity contribution in [2.45, 2.75) is 19.8 Å². The SMILES string of the molecule is C=Cc1cccc(COC(C)OC)c1. The van der Waals surface area contributed by atoms with Crippen LogP contribution in [0.5, 0.6) is 0 Å². The van der Waals surface area contributed by atoms with Gasteiger partial charge in [-0.1, -0.05) is 30.9 Å². The Morgan fingerprint density at radius 3 is 2.93 bits per heavy atom. The van der Waals surface area contributed by atoms with Crippen molar-refractivity contribution < 1.29 is 9.47 Å². The number of ether oxygens (including phenoxy) is 2. The van der Waals surface area contributed by atoms with E-state index < -0.39 is 0 Å². The van der Waals surface area contributed by atoms with Crippen molar-refractivity contribution in [2.24, 2.45) is 0 Å². The van der Waals surface area contributed by atoms with Gasteiger partial charge >= 0.3 is 0 Å². The number of rotatable bonds is 5. The van der Waals surface area contributed by atoms with Crippen LogP contribution in [-0.2, 0) is 16.1 Å². The zero-order chi connectivity index (χ0) is 10.4. The molecular weight excluding hydrogens is 176 g/mol. The first-order valence-corrected chi connectivity index (χ1v) is 4.62. The average Bonchev–Trinajstić information content (AvgIpc) is 2.26. The molecule has 1 aromatic rings. The lowest BCUT2D eigenvalue weighted by molar-refractivity contribution is -0.118. The van der Waals surface area contributed by atoms with Crippen LogP contribution in [0.15, 0.2) is 30.8 Å². The van der Waals surface area contributed by atoms with Crippen molar-refractivity contribution in [3.63, 3.8) is 0 Å². The molecule has 0 amide bonds. The quantitative estimate of drug-likeness (QED) is 0.668. The first-order valence-electron chi connectivity index (χ1n) is 4.62. The highest BCUT2D eigenvalue weighted by Gasteiger charge is 1.99. The van der Waals surface area contributed by atoms with Crippen LogP contribution in [0.25, 0.3) is 6.08 Å². The Balaban J connectivity index is 2.54. The fourth-order valence-electron chi connectivity index (χ4n) is 1.09. The Bertz CT molecular complexity index is 294. The summed E-state index contributed by atoms with van der Waals surface area (Å²) in [4.78, 5) is 0. The van der Waals surface area contributed by atoms with Crippen molar-refractivity contribution in [1.29, 1.82) is 0 Å². The zero-order valence-corrected chi connectivity index (χ0v) is 8.69. The first-order chi connectivity index (χ1) is 6.76. The van der Waals surface area contributed by atoms with Gasteiger partial charge in [-0.15, -0.1) is 0 Å². The molecule has 0 N–H and O–H groups in total. The molecule has 1 rings (SSSR count). The molecule has 2 heteroatoms. The summed E-state index contributed by atoms with van der Waals surface area (Å²) in [6, 6.07) is 8.08. The third-order valence-electron chi connectivity index (χ3n) is 2.00. The van der Waals surface area contributed by atoms with Crippen LogP contribution in [0.2, 0.25) is 0 Å². The van der Waals surface area contributed by atoms with Crippen molar-refractivity contribution in [1.82, 2.24) is 0 Å². The summed E-state index contributed by atoms with van der Waals surface area (Å²) in [5, 5.41) is 0. The van der Waals surface area contributed by atoms with Gasteiger partial charge in [-0.05, 0) is 24.1 Å². The fourth-order valence-corrected chi connectivity index (χ4v) is 1.09. The van der Waals surface area contributed by atoms with Crippen molar-refractivity contribution in [3.05, 3.63) is 42.0 Å². The Labute approximate surface area is 85.2 Å². The standard InChI is InChI=1S/C12H16O2/c1-4-11-6-5-7-12(8-11)9-14-10(2)13-3/h4-8,10H,1,9H2,2-3H3. The van der Waals surface area contributed by atoms with Gasteiger partial charge in [0, 0.05) is 7.11 Å². The molecule has 2 nitrogen and oxygen atoms in total. The summed E-state index contributed by atoms with van der Waals surface area (Å²) in [5.41, 5.74) is 2.24. The molecule has 0 aliphatic carbocycles. The van der Waals surface area contributed by atoms with E-state index in [4.69, 9.17) is 9.47 Å². The fraction of sp³-hybridized carbons (Fsp3) is 0.333. The lowest BCUT2D eigenvalue weighted by Crippen LogP contribution is -2.09. The average molecular weight is 192 g/mol. The largest absolute Gasteiger partial charge is 0.356 e. The zero-order valence-electron chi connectivity index (χ0n) is 8.69. The Hall–Kier alpha value is -1.12. The second-order valence-electron chi connectivity index (χ2n) is 3.06. The van der Waals surface area contributed by atoms with E-state index in [1.54, 1.807) is 7.11 Å². The second-order valence-corrected chi connectivity index (χ2v) is 3.06. The number of methoxy groups -OCH3 is 1. The highest BCUT2D eigenvalue weighted by Crippen LogP contribution is 2.08. The smallest absolute Gasteiger partial charge is 0.154 e. The third kappa shape index (κ3) is 3.32. The van der Waals surface area contributed by atoms with E-state index in [2.05, 4.69) is 12.6 Å². The summed E-state index contributed by atoms with van der Waals surface area (Å²) in [5.74, 6) is 0. The van der Waals surface area contributed by atoms with E-state index in [0.29, 0.717) is 6.61 Å². The lowest BCUT2D eigenvalue weighted by Gasteiger charge is -2.10. The van der Waals surface area contributed by atoms with Gasteiger partial charge in [-0.3, -0.25) is 0 Å². The minimum absolute atomic E-state index is 0.164. The molecule has 0 radical (unpaired) electrons. The summed E-state index contributed by atoms with van der Waals surface area (Å²) in [6.45, 7) is 6.16. The molecule has 0 bridgehead atoms. The Kier molecular flexibility index (Phi) is 4.36. The molecule has 14 heavy (non-hydrogen) atoms. The monoisotopic (exact) mass is 192 g/mol. The van der Waals surface area contributed by atoms with Crippen LogP contribution in [0, 0.1) is 0 Å². The van der Waals surface area contributed by atoms with Gasteiger partial charge in [0.05, 0.1) is 6.61 Å².